The summed E-state index contributed by atoms with van der Waals surface area (Å²) in [5, 5.41) is 14.9. The number of nitrogen functional groups attached to an aromatic ring is 1. The number of thiazole rings is 1. The van der Waals surface area contributed by atoms with Crippen molar-refractivity contribution in [2.75, 3.05) is 25.9 Å². The van der Waals surface area contributed by atoms with Gasteiger partial charge in [-0.05, 0) is 44.1 Å². The number of thiophene rings is 1. The highest BCUT2D eigenvalue weighted by Crippen LogP contribution is 2.42. The van der Waals surface area contributed by atoms with Gasteiger partial charge in [0.15, 0.2) is 0 Å². The normalized spacial score (nSPS) is 17.3. The molecule has 0 spiro atoms. The van der Waals surface area contributed by atoms with Gasteiger partial charge < -0.3 is 16.2 Å². The fourth-order valence-corrected chi connectivity index (χ4v) is 5.53. The van der Waals surface area contributed by atoms with E-state index in [1.54, 1.807) is 19.3 Å². The quantitative estimate of drug-likeness (QED) is 0.473. The molecule has 0 aliphatic carbocycles. The SMILES string of the molecule is CN=Cc1cc(-c2nc3sc(C4(O)CCNCC4)cc3s2)cc(F)c1N. The van der Waals surface area contributed by atoms with Gasteiger partial charge in [-0.15, -0.1) is 22.7 Å². The summed E-state index contributed by atoms with van der Waals surface area (Å²) in [5.41, 5.74) is 6.32. The molecule has 1 aliphatic heterocycles. The second-order valence-corrected chi connectivity index (χ2v) is 8.49. The van der Waals surface area contributed by atoms with Crippen molar-refractivity contribution in [1.82, 2.24) is 10.3 Å². The molecule has 0 bridgehead atoms. The fourth-order valence-electron chi connectivity index (χ4n) is 3.18. The van der Waals surface area contributed by atoms with Gasteiger partial charge in [0.05, 0.1) is 10.4 Å². The first-order valence-corrected chi connectivity index (χ1v) is 9.99. The first-order chi connectivity index (χ1) is 12.5. The molecule has 3 heterocycles. The number of anilines is 1. The number of aliphatic imine (C=N–C) groups is 1. The summed E-state index contributed by atoms with van der Waals surface area (Å²) < 4.78 is 15.2. The van der Waals surface area contributed by atoms with Crippen LogP contribution in [0.3, 0.4) is 0 Å². The maximum absolute atomic E-state index is 14.1. The van der Waals surface area contributed by atoms with Crippen LogP contribution in [0.4, 0.5) is 10.1 Å². The number of nitrogens with zero attached hydrogens (tertiary/aromatic N) is 2. The molecule has 1 saturated heterocycles. The average molecular weight is 391 g/mol. The monoisotopic (exact) mass is 390 g/mol. The van der Waals surface area contributed by atoms with Crippen molar-refractivity contribution < 1.29 is 9.50 Å². The van der Waals surface area contributed by atoms with Gasteiger partial charge in [-0.3, -0.25) is 4.99 Å². The van der Waals surface area contributed by atoms with Crippen molar-refractivity contribution in [1.29, 1.82) is 0 Å². The summed E-state index contributed by atoms with van der Waals surface area (Å²) in [4.78, 5) is 10.4. The maximum atomic E-state index is 14.1. The molecule has 8 heteroatoms. The Labute approximate surface area is 158 Å². The summed E-state index contributed by atoms with van der Waals surface area (Å²) in [5.74, 6) is -0.472. The Kier molecular flexibility index (Phi) is 4.52. The second-order valence-electron chi connectivity index (χ2n) is 6.43. The largest absolute Gasteiger partial charge is 0.396 e. The second kappa shape index (κ2) is 6.70. The van der Waals surface area contributed by atoms with Gasteiger partial charge in [-0.2, -0.15) is 0 Å². The van der Waals surface area contributed by atoms with Crippen LogP contribution in [0.1, 0.15) is 23.3 Å². The lowest BCUT2D eigenvalue weighted by molar-refractivity contribution is 0.00951. The summed E-state index contributed by atoms with van der Waals surface area (Å²) in [7, 11) is 1.62. The Balaban J connectivity index is 1.72. The molecule has 0 saturated carbocycles. The molecule has 0 amide bonds. The van der Waals surface area contributed by atoms with Gasteiger partial charge in [-0.1, -0.05) is 0 Å². The molecular formula is C18H19FN4OS2. The number of hydrogen-bond donors (Lipinski definition) is 3. The number of aliphatic hydroxyl groups is 1. The number of benzene rings is 1. The molecule has 26 heavy (non-hydrogen) atoms. The number of aromatic nitrogens is 1. The van der Waals surface area contributed by atoms with Gasteiger partial charge >= 0.3 is 0 Å². The minimum atomic E-state index is -0.769. The number of halogens is 1. The van der Waals surface area contributed by atoms with Gasteiger partial charge in [0.25, 0.3) is 0 Å². The zero-order valence-corrected chi connectivity index (χ0v) is 15.9. The fraction of sp³-hybridized carbons (Fsp3) is 0.333. The van der Waals surface area contributed by atoms with Crippen molar-refractivity contribution in [2.24, 2.45) is 4.99 Å². The van der Waals surface area contributed by atoms with E-state index in [1.165, 1.54) is 28.7 Å². The van der Waals surface area contributed by atoms with Crippen LogP contribution in [-0.2, 0) is 5.60 Å². The molecule has 3 aromatic rings. The molecule has 2 aromatic heterocycles. The summed E-state index contributed by atoms with van der Waals surface area (Å²) in [6.45, 7) is 1.63. The Morgan fingerprint density at radius 2 is 2.08 bits per heavy atom. The molecule has 0 radical (unpaired) electrons. The zero-order valence-electron chi connectivity index (χ0n) is 14.3. The Morgan fingerprint density at radius 1 is 1.31 bits per heavy atom. The third kappa shape index (κ3) is 3.03. The Hall–Kier alpha value is -1.87. The van der Waals surface area contributed by atoms with Crippen LogP contribution >= 0.6 is 22.7 Å². The van der Waals surface area contributed by atoms with Crippen molar-refractivity contribution >= 4 is 44.1 Å². The predicted octanol–water partition coefficient (Wildman–Crippen LogP) is 3.37. The van der Waals surface area contributed by atoms with Crippen LogP contribution in [-0.4, -0.2) is 36.4 Å². The van der Waals surface area contributed by atoms with E-state index in [4.69, 9.17) is 5.73 Å². The van der Waals surface area contributed by atoms with Gasteiger partial charge in [0, 0.05) is 29.3 Å². The number of fused-ring (bicyclic) bond motifs is 1. The molecule has 0 unspecified atom stereocenters. The third-order valence-corrected chi connectivity index (χ3v) is 7.06. The predicted molar refractivity (Wildman–Crippen MR) is 107 cm³/mol. The summed E-state index contributed by atoms with van der Waals surface area (Å²) in [6, 6.07) is 5.23. The van der Waals surface area contributed by atoms with E-state index < -0.39 is 11.4 Å². The van der Waals surface area contributed by atoms with Crippen molar-refractivity contribution in [3.05, 3.63) is 34.5 Å². The van der Waals surface area contributed by atoms with Crippen LogP contribution in [0, 0.1) is 5.82 Å². The molecule has 136 valence electrons. The molecule has 1 aromatic carbocycles. The highest BCUT2D eigenvalue weighted by molar-refractivity contribution is 7.28. The standard InChI is InChI=1S/C18H19FN4OS2/c1-21-9-11-6-10(7-12(19)15(11)20)16-23-17-13(25-16)8-14(26-17)18(24)2-4-22-5-3-18/h6-9,22,24H,2-5,20H2,1H3. The Bertz CT molecular complexity index is 957. The van der Waals surface area contributed by atoms with E-state index in [2.05, 4.69) is 15.3 Å². The maximum Gasteiger partial charge on any atom is 0.147 e. The lowest BCUT2D eigenvalue weighted by Gasteiger charge is -2.31. The minimum Gasteiger partial charge on any atom is -0.396 e. The number of hydrogen-bond acceptors (Lipinski definition) is 7. The number of nitrogens with one attached hydrogen (secondary N) is 1. The van der Waals surface area contributed by atoms with E-state index >= 15 is 0 Å². The number of piperidine rings is 1. The van der Waals surface area contributed by atoms with Gasteiger partial charge in [0.2, 0.25) is 0 Å². The third-order valence-electron chi connectivity index (χ3n) is 4.66. The number of nitrogens with two attached hydrogens (primary N) is 1. The molecule has 5 nitrogen and oxygen atoms in total. The zero-order chi connectivity index (χ0) is 18.3. The van der Waals surface area contributed by atoms with Crippen LogP contribution < -0.4 is 11.1 Å². The van der Waals surface area contributed by atoms with Crippen LogP contribution in [0.5, 0.6) is 0 Å². The average Bonchev–Trinajstić information content (AvgIpc) is 3.19. The van der Waals surface area contributed by atoms with Crippen molar-refractivity contribution in [2.45, 2.75) is 18.4 Å². The van der Waals surface area contributed by atoms with Crippen molar-refractivity contribution in [3.8, 4) is 10.6 Å². The Morgan fingerprint density at radius 3 is 2.77 bits per heavy atom. The van der Waals surface area contributed by atoms with E-state index in [0.717, 1.165) is 32.5 Å². The first kappa shape index (κ1) is 17.5. The van der Waals surface area contributed by atoms with Crippen LogP contribution in [0.25, 0.3) is 20.1 Å². The minimum absolute atomic E-state index is 0.0909. The smallest absolute Gasteiger partial charge is 0.147 e. The molecule has 1 aliphatic rings. The van der Waals surface area contributed by atoms with Crippen LogP contribution in [0.15, 0.2) is 23.2 Å². The van der Waals surface area contributed by atoms with E-state index in [1.807, 2.05) is 6.07 Å². The molecular weight excluding hydrogens is 371 g/mol. The van der Waals surface area contributed by atoms with Gasteiger partial charge in [0.1, 0.15) is 21.3 Å². The van der Waals surface area contributed by atoms with E-state index in [-0.39, 0.29) is 5.69 Å². The van der Waals surface area contributed by atoms with Crippen LogP contribution in [0.2, 0.25) is 0 Å². The lowest BCUT2D eigenvalue weighted by Crippen LogP contribution is -2.39. The lowest BCUT2D eigenvalue weighted by atomic mass is 9.91. The molecule has 4 N–H and O–H groups in total. The van der Waals surface area contributed by atoms with E-state index in [9.17, 15) is 9.50 Å². The van der Waals surface area contributed by atoms with Crippen molar-refractivity contribution in [3.63, 3.8) is 0 Å². The summed E-state index contributed by atoms with van der Waals surface area (Å²) in [6.07, 6.45) is 2.95. The summed E-state index contributed by atoms with van der Waals surface area (Å²) >= 11 is 3.01. The molecule has 0 atom stereocenters. The van der Waals surface area contributed by atoms with Gasteiger partial charge in [-0.25, -0.2) is 9.37 Å². The van der Waals surface area contributed by atoms with E-state index in [0.29, 0.717) is 24.0 Å². The molecule has 1 fully saturated rings. The topological polar surface area (TPSA) is 83.5 Å². The highest BCUT2D eigenvalue weighted by Gasteiger charge is 2.33. The first-order valence-electron chi connectivity index (χ1n) is 8.36. The highest BCUT2D eigenvalue weighted by atomic mass is 32.1. The number of rotatable bonds is 3. The molecule has 4 rings (SSSR count).